The number of aromatic nitrogens is 1. The summed E-state index contributed by atoms with van der Waals surface area (Å²) in [7, 11) is 0. The van der Waals surface area contributed by atoms with Crippen molar-refractivity contribution in [3.8, 4) is 0 Å². The number of anilines is 1. The van der Waals surface area contributed by atoms with Gasteiger partial charge in [0.1, 0.15) is 11.5 Å². The third kappa shape index (κ3) is 2.64. The molecule has 1 unspecified atom stereocenters. The van der Waals surface area contributed by atoms with E-state index in [1.165, 1.54) is 12.1 Å². The molecule has 0 saturated carbocycles. The normalized spacial score (nSPS) is 23.7. The molecule has 19 heavy (non-hydrogen) atoms. The third-order valence-electron chi connectivity index (χ3n) is 3.34. The molecule has 1 aromatic heterocycles. The van der Waals surface area contributed by atoms with Crippen LogP contribution in [0.2, 0.25) is 0 Å². The predicted molar refractivity (Wildman–Crippen MR) is 61.8 cm³/mol. The van der Waals surface area contributed by atoms with Crippen LogP contribution in [0, 0.1) is 5.41 Å². The molecule has 1 aliphatic rings. The monoisotopic (exact) mass is 274 g/mol. The van der Waals surface area contributed by atoms with Crippen LogP contribution in [-0.2, 0) is 11.0 Å². The average Bonchev–Trinajstić information content (AvgIpc) is 2.73. The van der Waals surface area contributed by atoms with E-state index in [0.29, 0.717) is 13.0 Å². The molecule has 1 aliphatic heterocycles. The molecule has 104 valence electrons. The highest BCUT2D eigenvalue weighted by molar-refractivity contribution is 5.76. The number of halogens is 3. The SMILES string of the molecule is CC1(C(=O)O)CCN(c2cccc(C(F)(F)F)n2)C1. The largest absolute Gasteiger partial charge is 0.481 e. The van der Waals surface area contributed by atoms with Crippen LogP contribution < -0.4 is 4.90 Å². The maximum atomic E-state index is 12.6. The molecule has 0 amide bonds. The lowest BCUT2D eigenvalue weighted by atomic mass is 9.90. The molecule has 1 N–H and O–H groups in total. The van der Waals surface area contributed by atoms with Crippen molar-refractivity contribution in [1.29, 1.82) is 0 Å². The minimum Gasteiger partial charge on any atom is -0.481 e. The van der Waals surface area contributed by atoms with Crippen LogP contribution in [0.5, 0.6) is 0 Å². The second kappa shape index (κ2) is 4.40. The zero-order valence-electron chi connectivity index (χ0n) is 10.2. The van der Waals surface area contributed by atoms with Gasteiger partial charge in [0.15, 0.2) is 0 Å². The van der Waals surface area contributed by atoms with Crippen LogP contribution in [0.15, 0.2) is 18.2 Å². The average molecular weight is 274 g/mol. The first-order valence-electron chi connectivity index (χ1n) is 5.75. The van der Waals surface area contributed by atoms with Gasteiger partial charge in [0.05, 0.1) is 5.41 Å². The number of hydrogen-bond donors (Lipinski definition) is 1. The van der Waals surface area contributed by atoms with E-state index in [0.717, 1.165) is 6.07 Å². The molecule has 0 spiro atoms. The molecule has 2 rings (SSSR count). The summed E-state index contributed by atoms with van der Waals surface area (Å²) in [6.07, 6.45) is -4.11. The summed E-state index contributed by atoms with van der Waals surface area (Å²) in [6.45, 7) is 2.14. The molecule has 0 radical (unpaired) electrons. The zero-order valence-corrected chi connectivity index (χ0v) is 10.2. The molecule has 4 nitrogen and oxygen atoms in total. The Morgan fingerprint density at radius 3 is 2.68 bits per heavy atom. The molecule has 0 aromatic carbocycles. The van der Waals surface area contributed by atoms with Gasteiger partial charge >= 0.3 is 12.1 Å². The van der Waals surface area contributed by atoms with Crippen molar-refractivity contribution >= 4 is 11.8 Å². The number of alkyl halides is 3. The van der Waals surface area contributed by atoms with Crippen molar-refractivity contribution in [2.45, 2.75) is 19.5 Å². The van der Waals surface area contributed by atoms with E-state index in [1.807, 2.05) is 0 Å². The van der Waals surface area contributed by atoms with E-state index in [2.05, 4.69) is 4.98 Å². The van der Waals surface area contributed by atoms with Crippen LogP contribution in [0.3, 0.4) is 0 Å². The summed E-state index contributed by atoms with van der Waals surface area (Å²) in [5.74, 6) is -0.776. The summed E-state index contributed by atoms with van der Waals surface area (Å²) in [5, 5.41) is 9.09. The van der Waals surface area contributed by atoms with Gasteiger partial charge in [0, 0.05) is 13.1 Å². The van der Waals surface area contributed by atoms with E-state index in [1.54, 1.807) is 11.8 Å². The molecule has 7 heteroatoms. The maximum Gasteiger partial charge on any atom is 0.433 e. The highest BCUT2D eigenvalue weighted by Crippen LogP contribution is 2.34. The minimum absolute atomic E-state index is 0.163. The fraction of sp³-hybridized carbons (Fsp3) is 0.500. The number of carbonyl (C=O) groups is 1. The lowest BCUT2D eigenvalue weighted by Gasteiger charge is -2.21. The standard InChI is InChI=1S/C12H13F3N2O2/c1-11(10(18)19)5-6-17(7-11)9-4-2-3-8(16-9)12(13,14)15/h2-4H,5-7H2,1H3,(H,18,19). The fourth-order valence-electron chi connectivity index (χ4n) is 2.09. The minimum atomic E-state index is -4.49. The van der Waals surface area contributed by atoms with Gasteiger partial charge in [-0.1, -0.05) is 6.07 Å². The van der Waals surface area contributed by atoms with Gasteiger partial charge in [-0.2, -0.15) is 13.2 Å². The van der Waals surface area contributed by atoms with E-state index in [9.17, 15) is 18.0 Å². The van der Waals surface area contributed by atoms with E-state index in [-0.39, 0.29) is 12.4 Å². The summed E-state index contributed by atoms with van der Waals surface area (Å²) >= 11 is 0. The number of rotatable bonds is 2. The van der Waals surface area contributed by atoms with Gasteiger partial charge < -0.3 is 10.0 Å². The summed E-state index contributed by atoms with van der Waals surface area (Å²) in [4.78, 5) is 16.2. The molecule has 1 atom stereocenters. The summed E-state index contributed by atoms with van der Waals surface area (Å²) in [6, 6.07) is 3.64. The lowest BCUT2D eigenvalue weighted by Crippen LogP contribution is -2.32. The number of nitrogens with zero attached hydrogens (tertiary/aromatic N) is 2. The number of carboxylic acids is 1. The second-order valence-corrected chi connectivity index (χ2v) is 4.92. The number of hydrogen-bond acceptors (Lipinski definition) is 3. The topological polar surface area (TPSA) is 53.4 Å². The molecule has 0 aliphatic carbocycles. The van der Waals surface area contributed by atoms with Crippen molar-refractivity contribution in [3.05, 3.63) is 23.9 Å². The lowest BCUT2D eigenvalue weighted by molar-refractivity contribution is -0.146. The van der Waals surface area contributed by atoms with Gasteiger partial charge in [-0.3, -0.25) is 4.79 Å². The number of aliphatic carboxylic acids is 1. The Labute approximate surface area is 107 Å². The highest BCUT2D eigenvalue weighted by Gasteiger charge is 2.41. The van der Waals surface area contributed by atoms with Gasteiger partial charge in [-0.15, -0.1) is 0 Å². The van der Waals surface area contributed by atoms with Gasteiger partial charge in [0.2, 0.25) is 0 Å². The van der Waals surface area contributed by atoms with Crippen molar-refractivity contribution in [2.24, 2.45) is 5.41 Å². The van der Waals surface area contributed by atoms with Crippen molar-refractivity contribution < 1.29 is 23.1 Å². The second-order valence-electron chi connectivity index (χ2n) is 4.92. The smallest absolute Gasteiger partial charge is 0.433 e. The van der Waals surface area contributed by atoms with Crippen molar-refractivity contribution in [3.63, 3.8) is 0 Å². The Morgan fingerprint density at radius 1 is 1.47 bits per heavy atom. The van der Waals surface area contributed by atoms with Crippen LogP contribution in [0.25, 0.3) is 0 Å². The Kier molecular flexibility index (Phi) is 3.15. The van der Waals surface area contributed by atoms with Crippen LogP contribution in [-0.4, -0.2) is 29.1 Å². The molecule has 1 aromatic rings. The van der Waals surface area contributed by atoms with E-state index in [4.69, 9.17) is 5.11 Å². The van der Waals surface area contributed by atoms with Crippen LogP contribution in [0.4, 0.5) is 19.0 Å². The highest BCUT2D eigenvalue weighted by atomic mass is 19.4. The zero-order chi connectivity index (χ0) is 14.3. The predicted octanol–water partition coefficient (Wildman–Crippen LogP) is 2.40. The third-order valence-corrected chi connectivity index (χ3v) is 3.34. The Hall–Kier alpha value is -1.79. The Bertz CT molecular complexity index is 504. The van der Waals surface area contributed by atoms with Crippen molar-refractivity contribution in [2.75, 3.05) is 18.0 Å². The number of pyridine rings is 1. The molecule has 2 heterocycles. The molecule has 0 bridgehead atoms. The molecular formula is C12H13F3N2O2. The Balaban J connectivity index is 2.23. The van der Waals surface area contributed by atoms with Gasteiger partial charge in [-0.25, -0.2) is 4.98 Å². The molecule has 1 fully saturated rings. The Morgan fingerprint density at radius 2 is 2.16 bits per heavy atom. The van der Waals surface area contributed by atoms with E-state index >= 15 is 0 Å². The number of carboxylic acid groups (broad SMARTS) is 1. The van der Waals surface area contributed by atoms with Gasteiger partial charge in [-0.05, 0) is 25.5 Å². The first-order chi connectivity index (χ1) is 8.72. The summed E-state index contributed by atoms with van der Waals surface area (Å²) in [5.41, 5.74) is -1.90. The van der Waals surface area contributed by atoms with Crippen LogP contribution in [0.1, 0.15) is 19.0 Å². The van der Waals surface area contributed by atoms with E-state index < -0.39 is 23.3 Å². The first kappa shape index (κ1) is 13.6. The summed E-state index contributed by atoms with van der Waals surface area (Å²) < 4.78 is 37.7. The van der Waals surface area contributed by atoms with Crippen LogP contribution >= 0.6 is 0 Å². The van der Waals surface area contributed by atoms with Crippen molar-refractivity contribution in [1.82, 2.24) is 4.98 Å². The first-order valence-corrected chi connectivity index (χ1v) is 5.75. The van der Waals surface area contributed by atoms with Gasteiger partial charge in [0.25, 0.3) is 0 Å². The maximum absolute atomic E-state index is 12.6. The molecular weight excluding hydrogens is 261 g/mol. The fourth-order valence-corrected chi connectivity index (χ4v) is 2.09. The molecule has 1 saturated heterocycles. The quantitative estimate of drug-likeness (QED) is 0.899.